The van der Waals surface area contributed by atoms with Crippen molar-refractivity contribution in [3.63, 3.8) is 0 Å². The van der Waals surface area contributed by atoms with Crippen LogP contribution in [0.4, 0.5) is 0 Å². The molecule has 4 heteroatoms. The van der Waals surface area contributed by atoms with E-state index in [1.54, 1.807) is 0 Å². The van der Waals surface area contributed by atoms with Gasteiger partial charge in [0.1, 0.15) is 0 Å². The first kappa shape index (κ1) is 10.0. The minimum absolute atomic E-state index is 0.799. The van der Waals surface area contributed by atoms with Crippen molar-refractivity contribution in [1.29, 1.82) is 0 Å². The van der Waals surface area contributed by atoms with Crippen molar-refractivity contribution < 1.29 is 0 Å². The Bertz CT molecular complexity index is 95.2. The van der Waals surface area contributed by atoms with Crippen molar-refractivity contribution in [3.8, 4) is 0 Å². The number of hydrogen-bond acceptors (Lipinski definition) is 1. The maximum absolute atomic E-state index is 4.18. The zero-order valence-electron chi connectivity index (χ0n) is 6.45. The smallest absolute Gasteiger partial charge is 0.192 e. The lowest BCUT2D eigenvalue weighted by molar-refractivity contribution is 0.855. The van der Waals surface area contributed by atoms with Crippen molar-refractivity contribution >= 4 is 28.6 Å². The summed E-state index contributed by atoms with van der Waals surface area (Å²) in [6.07, 6.45) is 0. The van der Waals surface area contributed by atoms with Crippen LogP contribution in [0.25, 0.3) is 0 Å². The second kappa shape index (κ2) is 7.11. The molecule has 0 spiro atoms. The van der Waals surface area contributed by atoms with E-state index in [0.717, 1.165) is 23.6 Å². The van der Waals surface area contributed by atoms with Crippen molar-refractivity contribution in [2.24, 2.45) is 4.99 Å². The molecule has 0 aliphatic carbocycles. The average molecular weight is 255 g/mol. The van der Waals surface area contributed by atoms with E-state index >= 15 is 0 Å². The highest BCUT2D eigenvalue weighted by atomic mass is 127. The number of guanidine groups is 1. The fourth-order valence-corrected chi connectivity index (χ4v) is 0.910. The Morgan fingerprint density at radius 1 is 1.30 bits per heavy atom. The van der Waals surface area contributed by atoms with Gasteiger partial charge in [-0.1, -0.05) is 22.6 Å². The molecule has 0 aliphatic heterocycles. The van der Waals surface area contributed by atoms with Gasteiger partial charge in [0.2, 0.25) is 0 Å². The summed E-state index contributed by atoms with van der Waals surface area (Å²) in [4.78, 5) is 4.18. The van der Waals surface area contributed by atoms with Crippen LogP contribution in [0.1, 0.15) is 13.8 Å². The standard InChI is InChI=1S/C6H14IN3/c1-3-8-6(9-4-2)10-5-7/h3-5H2,1-2H3,(H2,8,9,10). The minimum atomic E-state index is 0.799. The molecule has 0 radical (unpaired) electrons. The lowest BCUT2D eigenvalue weighted by Gasteiger charge is -2.07. The fourth-order valence-electron chi connectivity index (χ4n) is 0.569. The van der Waals surface area contributed by atoms with Crippen LogP contribution in [0.3, 0.4) is 0 Å². The van der Waals surface area contributed by atoms with E-state index in [-0.39, 0.29) is 0 Å². The maximum Gasteiger partial charge on any atom is 0.192 e. The summed E-state index contributed by atoms with van der Waals surface area (Å²) in [7, 11) is 0. The summed E-state index contributed by atoms with van der Waals surface area (Å²) in [6.45, 7) is 5.95. The van der Waals surface area contributed by atoms with Gasteiger partial charge in [0, 0.05) is 13.1 Å². The number of nitrogens with one attached hydrogen (secondary N) is 2. The molecular weight excluding hydrogens is 241 g/mol. The van der Waals surface area contributed by atoms with Crippen molar-refractivity contribution in [1.82, 2.24) is 10.6 Å². The molecule has 0 rings (SSSR count). The lowest BCUT2D eigenvalue weighted by atomic mass is 10.7. The third-order valence-electron chi connectivity index (χ3n) is 0.906. The van der Waals surface area contributed by atoms with Crippen LogP contribution in [0, 0.1) is 0 Å². The normalized spacial score (nSPS) is 8.70. The van der Waals surface area contributed by atoms with Gasteiger partial charge in [0.25, 0.3) is 0 Å². The molecule has 0 aliphatic rings. The van der Waals surface area contributed by atoms with Crippen LogP contribution in [-0.2, 0) is 0 Å². The molecule has 0 saturated carbocycles. The topological polar surface area (TPSA) is 36.4 Å². The van der Waals surface area contributed by atoms with Gasteiger partial charge in [0.05, 0.1) is 4.55 Å². The molecule has 0 aromatic carbocycles. The second-order valence-corrected chi connectivity index (χ2v) is 2.37. The van der Waals surface area contributed by atoms with E-state index < -0.39 is 0 Å². The maximum atomic E-state index is 4.18. The zero-order chi connectivity index (χ0) is 7.82. The predicted octanol–water partition coefficient (Wildman–Crippen LogP) is 0.954. The van der Waals surface area contributed by atoms with E-state index in [2.05, 4.69) is 52.1 Å². The summed E-state index contributed by atoms with van der Waals surface area (Å²) >= 11 is 2.21. The Labute approximate surface area is 75.8 Å². The van der Waals surface area contributed by atoms with E-state index in [9.17, 15) is 0 Å². The van der Waals surface area contributed by atoms with Gasteiger partial charge in [-0.2, -0.15) is 0 Å². The molecule has 0 heterocycles. The predicted molar refractivity (Wildman–Crippen MR) is 53.7 cm³/mol. The molecule has 0 aromatic heterocycles. The van der Waals surface area contributed by atoms with E-state index in [4.69, 9.17) is 0 Å². The molecular formula is C6H14IN3. The van der Waals surface area contributed by atoms with Gasteiger partial charge in [-0.05, 0) is 13.8 Å². The SMILES string of the molecule is CCNC(=NCI)NCC. The van der Waals surface area contributed by atoms with Crippen LogP contribution in [0.15, 0.2) is 4.99 Å². The van der Waals surface area contributed by atoms with Gasteiger partial charge in [-0.25, -0.2) is 4.99 Å². The number of hydrogen-bond donors (Lipinski definition) is 2. The Morgan fingerprint density at radius 3 is 2.10 bits per heavy atom. The summed E-state index contributed by atoms with van der Waals surface area (Å²) in [6, 6.07) is 0. The first-order valence-electron chi connectivity index (χ1n) is 3.43. The minimum Gasteiger partial charge on any atom is -0.357 e. The van der Waals surface area contributed by atoms with E-state index in [0.29, 0.717) is 0 Å². The molecule has 0 saturated heterocycles. The van der Waals surface area contributed by atoms with Crippen LogP contribution < -0.4 is 10.6 Å². The molecule has 0 atom stereocenters. The number of nitrogens with zero attached hydrogens (tertiary/aromatic N) is 1. The molecule has 0 unspecified atom stereocenters. The van der Waals surface area contributed by atoms with Crippen molar-refractivity contribution in [2.75, 3.05) is 17.6 Å². The number of alkyl halides is 1. The van der Waals surface area contributed by atoms with E-state index in [1.807, 2.05) is 0 Å². The monoisotopic (exact) mass is 255 g/mol. The number of halogens is 1. The third kappa shape index (κ3) is 4.84. The highest BCUT2D eigenvalue weighted by molar-refractivity contribution is 14.1. The first-order valence-corrected chi connectivity index (χ1v) is 4.95. The zero-order valence-corrected chi connectivity index (χ0v) is 8.60. The summed E-state index contributed by atoms with van der Waals surface area (Å²) in [5, 5.41) is 6.24. The third-order valence-corrected chi connectivity index (χ3v) is 1.25. The highest BCUT2D eigenvalue weighted by Gasteiger charge is 1.89. The summed E-state index contributed by atoms with van der Waals surface area (Å²) in [5.74, 6) is 0.902. The quantitative estimate of drug-likeness (QED) is 0.259. The Morgan fingerprint density at radius 2 is 1.80 bits per heavy atom. The Kier molecular flexibility index (Phi) is 7.11. The molecule has 0 aromatic rings. The highest BCUT2D eigenvalue weighted by Crippen LogP contribution is 1.80. The van der Waals surface area contributed by atoms with Crippen LogP contribution in [-0.4, -0.2) is 23.6 Å². The molecule has 0 amide bonds. The largest absolute Gasteiger partial charge is 0.357 e. The average Bonchev–Trinajstić information content (AvgIpc) is 1.90. The van der Waals surface area contributed by atoms with Crippen LogP contribution >= 0.6 is 22.6 Å². The molecule has 60 valence electrons. The van der Waals surface area contributed by atoms with Crippen LogP contribution in [0.5, 0.6) is 0 Å². The van der Waals surface area contributed by atoms with Crippen LogP contribution in [0.2, 0.25) is 0 Å². The van der Waals surface area contributed by atoms with Gasteiger partial charge in [-0.15, -0.1) is 0 Å². The molecule has 2 N–H and O–H groups in total. The summed E-state index contributed by atoms with van der Waals surface area (Å²) in [5.41, 5.74) is 0. The summed E-state index contributed by atoms with van der Waals surface area (Å²) < 4.78 is 0.799. The Hall–Kier alpha value is -0.0000000000000000555. The fraction of sp³-hybridized carbons (Fsp3) is 0.833. The van der Waals surface area contributed by atoms with Gasteiger partial charge >= 0.3 is 0 Å². The van der Waals surface area contributed by atoms with Crippen molar-refractivity contribution in [2.45, 2.75) is 13.8 Å². The van der Waals surface area contributed by atoms with Gasteiger partial charge in [0.15, 0.2) is 5.96 Å². The van der Waals surface area contributed by atoms with Gasteiger partial charge < -0.3 is 10.6 Å². The molecule has 0 bridgehead atoms. The first-order chi connectivity index (χ1) is 4.85. The molecule has 3 nitrogen and oxygen atoms in total. The Balaban J connectivity index is 3.60. The molecule has 10 heavy (non-hydrogen) atoms. The van der Waals surface area contributed by atoms with Crippen molar-refractivity contribution in [3.05, 3.63) is 0 Å². The van der Waals surface area contributed by atoms with Gasteiger partial charge in [-0.3, -0.25) is 0 Å². The number of aliphatic imine (C=N–C) groups is 1. The lowest BCUT2D eigenvalue weighted by Crippen LogP contribution is -2.36. The van der Waals surface area contributed by atoms with E-state index in [1.165, 1.54) is 0 Å². The molecule has 0 fully saturated rings. The second-order valence-electron chi connectivity index (χ2n) is 1.69. The number of rotatable bonds is 3.